The maximum atomic E-state index is 5.81. The highest BCUT2D eigenvalue weighted by Gasteiger charge is 2.13. The monoisotopic (exact) mass is 279 g/mol. The fraction of sp³-hybridized carbons (Fsp3) is 0.615. The van der Waals surface area contributed by atoms with Gasteiger partial charge in [0.1, 0.15) is 10.5 Å². The maximum absolute atomic E-state index is 5.81. The van der Waals surface area contributed by atoms with E-state index in [4.69, 9.17) is 5.73 Å². The lowest BCUT2D eigenvalue weighted by molar-refractivity contribution is 0.530. The molecule has 0 fully saturated rings. The van der Waals surface area contributed by atoms with E-state index in [-0.39, 0.29) is 0 Å². The number of nitrogens with two attached hydrogens (primary N) is 1. The summed E-state index contributed by atoms with van der Waals surface area (Å²) in [5.41, 5.74) is 7.52. The van der Waals surface area contributed by atoms with E-state index in [2.05, 4.69) is 47.2 Å². The van der Waals surface area contributed by atoms with E-state index in [1.807, 2.05) is 6.33 Å². The number of rotatable bonds is 5. The molecule has 0 saturated carbocycles. The highest BCUT2D eigenvalue weighted by atomic mass is 32.2. The molecule has 2 aromatic heterocycles. The summed E-state index contributed by atoms with van der Waals surface area (Å²) in [4.78, 5) is 13.1. The second kappa shape index (κ2) is 5.77. The third kappa shape index (κ3) is 3.37. The zero-order valence-electron chi connectivity index (χ0n) is 11.9. The molecule has 2 aromatic rings. The SMILES string of the molecule is CC(C)CSc1nc(N)nc2c1ncn2CC(C)C. The van der Waals surface area contributed by atoms with Gasteiger partial charge in [0.05, 0.1) is 6.33 Å². The number of nitrogens with zero attached hydrogens (tertiary/aromatic N) is 4. The topological polar surface area (TPSA) is 69.6 Å². The lowest BCUT2D eigenvalue weighted by Crippen LogP contribution is -2.06. The Morgan fingerprint density at radius 3 is 2.58 bits per heavy atom. The number of thioether (sulfide) groups is 1. The maximum Gasteiger partial charge on any atom is 0.223 e. The van der Waals surface area contributed by atoms with E-state index in [1.165, 1.54) is 0 Å². The first-order valence-electron chi connectivity index (χ1n) is 6.58. The van der Waals surface area contributed by atoms with E-state index in [0.29, 0.717) is 17.8 Å². The van der Waals surface area contributed by atoms with Crippen molar-refractivity contribution in [3.8, 4) is 0 Å². The van der Waals surface area contributed by atoms with Gasteiger partial charge in [-0.25, -0.2) is 9.97 Å². The molecule has 6 heteroatoms. The van der Waals surface area contributed by atoms with E-state index < -0.39 is 0 Å². The molecule has 2 N–H and O–H groups in total. The molecular weight excluding hydrogens is 258 g/mol. The molecule has 0 bridgehead atoms. The van der Waals surface area contributed by atoms with Crippen molar-refractivity contribution in [1.29, 1.82) is 0 Å². The summed E-state index contributed by atoms with van der Waals surface area (Å²) < 4.78 is 2.05. The minimum absolute atomic E-state index is 0.323. The van der Waals surface area contributed by atoms with Crippen LogP contribution in [0.2, 0.25) is 0 Å². The Hall–Kier alpha value is -1.30. The Kier molecular flexibility index (Phi) is 4.29. The summed E-state index contributed by atoms with van der Waals surface area (Å²) in [6, 6.07) is 0. The third-order valence-electron chi connectivity index (χ3n) is 2.56. The number of fused-ring (bicyclic) bond motifs is 1. The number of imidazole rings is 1. The van der Waals surface area contributed by atoms with Gasteiger partial charge < -0.3 is 10.3 Å². The van der Waals surface area contributed by atoms with Crippen molar-refractivity contribution in [3.63, 3.8) is 0 Å². The number of nitrogen functional groups attached to an aromatic ring is 1. The summed E-state index contributed by atoms with van der Waals surface area (Å²) in [5.74, 6) is 2.47. The van der Waals surface area contributed by atoms with E-state index in [9.17, 15) is 0 Å². The first kappa shape index (κ1) is 14.1. The Bertz CT molecular complexity index is 561. The van der Waals surface area contributed by atoms with Crippen LogP contribution in [0.25, 0.3) is 11.2 Å². The molecule has 19 heavy (non-hydrogen) atoms. The number of hydrogen-bond acceptors (Lipinski definition) is 5. The minimum Gasteiger partial charge on any atom is -0.368 e. The van der Waals surface area contributed by atoms with Gasteiger partial charge in [0.2, 0.25) is 5.95 Å². The van der Waals surface area contributed by atoms with Crippen molar-refractivity contribution in [1.82, 2.24) is 19.5 Å². The van der Waals surface area contributed by atoms with E-state index in [1.54, 1.807) is 11.8 Å². The predicted molar refractivity (Wildman–Crippen MR) is 80.1 cm³/mol. The smallest absolute Gasteiger partial charge is 0.223 e. The molecule has 5 nitrogen and oxygen atoms in total. The summed E-state index contributed by atoms with van der Waals surface area (Å²) in [7, 11) is 0. The fourth-order valence-corrected chi connectivity index (χ4v) is 2.74. The van der Waals surface area contributed by atoms with Crippen molar-refractivity contribution in [3.05, 3.63) is 6.33 Å². The van der Waals surface area contributed by atoms with Crippen LogP contribution >= 0.6 is 11.8 Å². The van der Waals surface area contributed by atoms with Crippen LogP contribution in [0, 0.1) is 11.8 Å². The first-order valence-corrected chi connectivity index (χ1v) is 7.57. The lowest BCUT2D eigenvalue weighted by Gasteiger charge is -2.08. The van der Waals surface area contributed by atoms with Gasteiger partial charge in [0.15, 0.2) is 5.65 Å². The molecular formula is C13H21N5S. The molecule has 0 amide bonds. The van der Waals surface area contributed by atoms with Crippen molar-refractivity contribution in [2.75, 3.05) is 11.5 Å². The van der Waals surface area contributed by atoms with Gasteiger partial charge in [-0.2, -0.15) is 4.98 Å². The van der Waals surface area contributed by atoms with Gasteiger partial charge in [-0.1, -0.05) is 27.7 Å². The largest absolute Gasteiger partial charge is 0.368 e. The normalized spacial score (nSPS) is 11.9. The van der Waals surface area contributed by atoms with Crippen LogP contribution in [-0.2, 0) is 6.54 Å². The minimum atomic E-state index is 0.323. The number of aromatic nitrogens is 4. The van der Waals surface area contributed by atoms with Crippen LogP contribution in [-0.4, -0.2) is 25.3 Å². The van der Waals surface area contributed by atoms with Crippen LogP contribution < -0.4 is 5.73 Å². The summed E-state index contributed by atoms with van der Waals surface area (Å²) in [5, 5.41) is 0.888. The number of anilines is 1. The van der Waals surface area contributed by atoms with Crippen LogP contribution in [0.4, 0.5) is 5.95 Å². The van der Waals surface area contributed by atoms with E-state index in [0.717, 1.165) is 28.5 Å². The molecule has 0 aromatic carbocycles. The van der Waals surface area contributed by atoms with Crippen LogP contribution in [0.3, 0.4) is 0 Å². The highest BCUT2D eigenvalue weighted by molar-refractivity contribution is 7.99. The van der Waals surface area contributed by atoms with Gasteiger partial charge >= 0.3 is 0 Å². The molecule has 0 radical (unpaired) electrons. The summed E-state index contributed by atoms with van der Waals surface area (Å²) in [6.45, 7) is 9.61. The van der Waals surface area contributed by atoms with Crippen molar-refractivity contribution in [2.45, 2.75) is 39.3 Å². The Morgan fingerprint density at radius 2 is 1.95 bits per heavy atom. The average Bonchev–Trinajstić information content (AvgIpc) is 2.68. The van der Waals surface area contributed by atoms with Gasteiger partial charge in [-0.05, 0) is 11.8 Å². The van der Waals surface area contributed by atoms with Gasteiger partial charge in [0, 0.05) is 12.3 Å². The molecule has 0 unspecified atom stereocenters. The fourth-order valence-electron chi connectivity index (χ4n) is 1.81. The van der Waals surface area contributed by atoms with Gasteiger partial charge in [-0.15, -0.1) is 11.8 Å². The van der Waals surface area contributed by atoms with Gasteiger partial charge in [0.25, 0.3) is 0 Å². The molecule has 2 heterocycles. The zero-order chi connectivity index (χ0) is 14.0. The van der Waals surface area contributed by atoms with Crippen LogP contribution in [0.5, 0.6) is 0 Å². The molecule has 0 spiro atoms. The average molecular weight is 279 g/mol. The Morgan fingerprint density at radius 1 is 1.21 bits per heavy atom. The molecule has 0 atom stereocenters. The number of hydrogen-bond donors (Lipinski definition) is 1. The van der Waals surface area contributed by atoms with Gasteiger partial charge in [-0.3, -0.25) is 0 Å². The second-order valence-electron chi connectivity index (χ2n) is 5.55. The third-order valence-corrected chi connectivity index (χ3v) is 3.96. The summed E-state index contributed by atoms with van der Waals surface area (Å²) in [6.07, 6.45) is 1.83. The Labute approximate surface area is 118 Å². The van der Waals surface area contributed by atoms with Crippen molar-refractivity contribution in [2.24, 2.45) is 11.8 Å². The molecule has 0 saturated heterocycles. The molecule has 104 valence electrons. The first-order chi connectivity index (χ1) is 8.97. The van der Waals surface area contributed by atoms with Crippen LogP contribution in [0.1, 0.15) is 27.7 Å². The van der Waals surface area contributed by atoms with Crippen molar-refractivity contribution < 1.29 is 0 Å². The lowest BCUT2D eigenvalue weighted by atomic mass is 10.2. The molecule has 2 rings (SSSR count). The Balaban J connectivity index is 2.39. The molecule has 0 aliphatic rings. The summed E-state index contributed by atoms with van der Waals surface area (Å²) >= 11 is 1.70. The predicted octanol–water partition coefficient (Wildman–Crippen LogP) is 2.81. The highest BCUT2D eigenvalue weighted by Crippen LogP contribution is 2.26. The zero-order valence-corrected chi connectivity index (χ0v) is 12.7. The molecule has 0 aliphatic heterocycles. The second-order valence-corrected chi connectivity index (χ2v) is 6.56. The quantitative estimate of drug-likeness (QED) is 0.673. The molecule has 0 aliphatic carbocycles. The van der Waals surface area contributed by atoms with E-state index >= 15 is 0 Å². The van der Waals surface area contributed by atoms with Crippen molar-refractivity contribution >= 4 is 28.9 Å². The van der Waals surface area contributed by atoms with Crippen LogP contribution in [0.15, 0.2) is 11.4 Å². The standard InChI is InChI=1S/C13H21N5S/c1-8(2)5-18-7-15-10-11(18)16-13(14)17-12(10)19-6-9(3)4/h7-9H,5-6H2,1-4H3,(H2,14,16,17).